The van der Waals surface area contributed by atoms with Crippen LogP contribution in [0.25, 0.3) is 4.91 Å². The summed E-state index contributed by atoms with van der Waals surface area (Å²) in [6, 6.07) is 31.7. The lowest BCUT2D eigenvalue weighted by atomic mass is 9.94. The van der Waals surface area contributed by atoms with Crippen LogP contribution in [0.4, 0.5) is 5.13 Å². The second-order valence-electron chi connectivity index (χ2n) is 8.64. The molecule has 0 N–H and O–H groups in total. The molecule has 1 aliphatic rings. The van der Waals surface area contributed by atoms with Crippen molar-refractivity contribution in [2.24, 2.45) is 4.99 Å². The lowest BCUT2D eigenvalue weighted by Crippen LogP contribution is -2.08. The Balaban J connectivity index is 1.48. The van der Waals surface area contributed by atoms with Gasteiger partial charge in [0.2, 0.25) is 5.13 Å². The van der Waals surface area contributed by atoms with E-state index < -0.39 is 0 Å². The maximum Gasteiger partial charge on any atom is 0.316 e. The number of esters is 1. The second kappa shape index (κ2) is 13.6. The molecule has 3 aromatic carbocycles. The molecule has 0 fully saturated rings. The minimum Gasteiger partial charge on any atom is -0.465 e. The average molecular weight is 570 g/mol. The summed E-state index contributed by atoms with van der Waals surface area (Å²) >= 11 is 4.54. The van der Waals surface area contributed by atoms with E-state index in [2.05, 4.69) is 101 Å². The van der Waals surface area contributed by atoms with Crippen molar-refractivity contribution < 1.29 is 9.53 Å². The molecule has 0 saturated carbocycles. The SMILES string of the molecule is CCOC(=O)CSc1nnc(N=CC2=C(c3ccccc3)SC(c3ccccc3)C(Cc3ccccc3)=C2)s1. The van der Waals surface area contributed by atoms with Gasteiger partial charge in [-0.3, -0.25) is 4.79 Å². The van der Waals surface area contributed by atoms with Gasteiger partial charge in [0.1, 0.15) is 0 Å². The fourth-order valence-electron chi connectivity index (χ4n) is 4.17. The number of ether oxygens (including phenoxy) is 1. The number of hydrogen-bond acceptors (Lipinski definition) is 8. The summed E-state index contributed by atoms with van der Waals surface area (Å²) < 4.78 is 5.69. The Morgan fingerprint density at radius 3 is 2.38 bits per heavy atom. The Kier molecular flexibility index (Phi) is 9.43. The first-order valence-electron chi connectivity index (χ1n) is 12.6. The zero-order valence-electron chi connectivity index (χ0n) is 21.4. The normalized spacial score (nSPS) is 15.4. The minimum atomic E-state index is -0.260. The van der Waals surface area contributed by atoms with E-state index >= 15 is 0 Å². The second-order valence-corrected chi connectivity index (χ2v) is 11.9. The van der Waals surface area contributed by atoms with Crippen molar-refractivity contribution in [3.05, 3.63) is 125 Å². The number of benzene rings is 3. The van der Waals surface area contributed by atoms with E-state index in [0.717, 1.165) is 17.6 Å². The molecule has 0 aliphatic carbocycles. The summed E-state index contributed by atoms with van der Waals surface area (Å²) in [5, 5.41) is 9.14. The van der Waals surface area contributed by atoms with E-state index in [1.165, 1.54) is 44.7 Å². The molecule has 1 aliphatic heterocycles. The zero-order valence-corrected chi connectivity index (χ0v) is 23.8. The van der Waals surface area contributed by atoms with Crippen LogP contribution in [0.15, 0.2) is 118 Å². The Morgan fingerprint density at radius 1 is 0.974 bits per heavy atom. The number of thioether (sulfide) groups is 2. The molecule has 8 heteroatoms. The number of carbonyl (C=O) groups excluding carboxylic acids is 1. The van der Waals surface area contributed by atoms with E-state index in [-0.39, 0.29) is 17.0 Å². The topological polar surface area (TPSA) is 64.4 Å². The lowest BCUT2D eigenvalue weighted by Gasteiger charge is -2.28. The van der Waals surface area contributed by atoms with Crippen LogP contribution < -0.4 is 0 Å². The first-order valence-corrected chi connectivity index (χ1v) is 15.3. The molecular weight excluding hydrogens is 543 g/mol. The van der Waals surface area contributed by atoms with Crippen molar-refractivity contribution in [2.75, 3.05) is 12.4 Å². The first-order chi connectivity index (χ1) is 19.2. The van der Waals surface area contributed by atoms with Crippen molar-refractivity contribution in [1.29, 1.82) is 0 Å². The van der Waals surface area contributed by atoms with E-state index in [4.69, 9.17) is 9.73 Å². The molecule has 5 rings (SSSR count). The van der Waals surface area contributed by atoms with E-state index in [0.29, 0.717) is 16.1 Å². The molecule has 5 nitrogen and oxygen atoms in total. The third kappa shape index (κ3) is 7.35. The number of aliphatic imine (C=N–C) groups is 1. The summed E-state index contributed by atoms with van der Waals surface area (Å²) in [7, 11) is 0. The van der Waals surface area contributed by atoms with E-state index in [1.807, 2.05) is 24.0 Å². The number of nitrogens with zero attached hydrogens (tertiary/aromatic N) is 3. The molecule has 0 spiro atoms. The fourth-order valence-corrected chi connectivity index (χ4v) is 7.00. The zero-order chi connectivity index (χ0) is 26.9. The van der Waals surface area contributed by atoms with Crippen LogP contribution in [0, 0.1) is 0 Å². The predicted octanol–water partition coefficient (Wildman–Crippen LogP) is 7.96. The Morgan fingerprint density at radius 2 is 1.67 bits per heavy atom. The standard InChI is InChI=1S/C31H27N3O2S3/c1-2-36-27(35)21-37-31-34-33-30(39-31)32-20-26-19-25(18-22-12-6-3-7-13-22)28(23-14-8-4-9-15-23)38-29(26)24-16-10-5-11-17-24/h3-17,19-20,28H,2,18,21H2,1H3. The maximum absolute atomic E-state index is 11.7. The monoisotopic (exact) mass is 569 g/mol. The van der Waals surface area contributed by atoms with Crippen molar-refractivity contribution >= 4 is 57.1 Å². The number of aromatic nitrogens is 2. The first kappa shape index (κ1) is 27.1. The summed E-state index contributed by atoms with van der Waals surface area (Å²) in [5.41, 5.74) is 6.07. The van der Waals surface area contributed by atoms with E-state index in [1.54, 1.807) is 6.92 Å². The molecule has 0 radical (unpaired) electrons. The number of carbonyl (C=O) groups is 1. The molecular formula is C31H27N3O2S3. The van der Waals surface area contributed by atoms with Crippen molar-refractivity contribution in [3.8, 4) is 0 Å². The largest absolute Gasteiger partial charge is 0.465 e. The lowest BCUT2D eigenvalue weighted by molar-refractivity contribution is -0.139. The van der Waals surface area contributed by atoms with Gasteiger partial charge in [-0.05, 0) is 35.6 Å². The number of allylic oxidation sites excluding steroid dienone is 2. The molecule has 1 aromatic heterocycles. The Labute approximate surface area is 241 Å². The van der Waals surface area contributed by atoms with Crippen molar-refractivity contribution in [1.82, 2.24) is 10.2 Å². The number of rotatable bonds is 10. The molecule has 4 aromatic rings. The van der Waals surface area contributed by atoms with Crippen molar-refractivity contribution in [2.45, 2.75) is 22.9 Å². The van der Waals surface area contributed by atoms with Gasteiger partial charge in [-0.15, -0.1) is 22.0 Å². The van der Waals surface area contributed by atoms with Crippen LogP contribution in [0.1, 0.15) is 28.9 Å². The van der Waals surface area contributed by atoms with Gasteiger partial charge >= 0.3 is 5.97 Å². The molecule has 39 heavy (non-hydrogen) atoms. The third-order valence-electron chi connectivity index (χ3n) is 5.89. The van der Waals surface area contributed by atoms with Crippen LogP contribution in [-0.4, -0.2) is 34.7 Å². The van der Waals surface area contributed by atoms with Crippen LogP contribution >= 0.6 is 34.9 Å². The van der Waals surface area contributed by atoms with Gasteiger partial charge in [0.25, 0.3) is 0 Å². The van der Waals surface area contributed by atoms with Gasteiger partial charge in [-0.2, -0.15) is 0 Å². The molecule has 1 atom stereocenters. The molecule has 0 bridgehead atoms. The molecule has 0 saturated heterocycles. The predicted molar refractivity (Wildman–Crippen MR) is 164 cm³/mol. The number of hydrogen-bond donors (Lipinski definition) is 0. The van der Waals surface area contributed by atoms with Gasteiger partial charge in [0.15, 0.2) is 4.34 Å². The summed E-state index contributed by atoms with van der Waals surface area (Å²) in [6.45, 7) is 2.16. The van der Waals surface area contributed by atoms with Crippen LogP contribution in [0.5, 0.6) is 0 Å². The highest BCUT2D eigenvalue weighted by atomic mass is 32.2. The smallest absolute Gasteiger partial charge is 0.316 e. The highest BCUT2D eigenvalue weighted by Crippen LogP contribution is 2.50. The maximum atomic E-state index is 11.7. The van der Waals surface area contributed by atoms with Crippen LogP contribution in [0.2, 0.25) is 0 Å². The van der Waals surface area contributed by atoms with Gasteiger partial charge < -0.3 is 4.74 Å². The summed E-state index contributed by atoms with van der Waals surface area (Å²) in [5.74, 6) is -0.0535. The quantitative estimate of drug-likeness (QED) is 0.110. The Hall–Kier alpha value is -3.46. The molecule has 196 valence electrons. The van der Waals surface area contributed by atoms with E-state index in [9.17, 15) is 4.79 Å². The average Bonchev–Trinajstić information content (AvgIpc) is 3.44. The van der Waals surface area contributed by atoms with Crippen molar-refractivity contribution in [3.63, 3.8) is 0 Å². The highest BCUT2D eigenvalue weighted by molar-refractivity contribution is 8.08. The van der Waals surface area contributed by atoms with Gasteiger partial charge in [-0.1, -0.05) is 120 Å². The highest BCUT2D eigenvalue weighted by Gasteiger charge is 2.26. The molecule has 2 heterocycles. The fraction of sp³-hybridized carbons (Fsp3) is 0.161. The Bertz CT molecular complexity index is 1480. The van der Waals surface area contributed by atoms with Gasteiger partial charge in [0, 0.05) is 16.7 Å². The third-order valence-corrected chi connectivity index (χ3v) is 9.35. The summed E-state index contributed by atoms with van der Waals surface area (Å²) in [4.78, 5) is 17.6. The van der Waals surface area contributed by atoms with Gasteiger partial charge in [0.05, 0.1) is 17.6 Å². The van der Waals surface area contributed by atoms with Crippen LogP contribution in [0.3, 0.4) is 0 Å². The minimum absolute atomic E-state index is 0.186. The summed E-state index contributed by atoms with van der Waals surface area (Å²) in [6.07, 6.45) is 5.02. The molecule has 1 unspecified atom stereocenters. The molecule has 0 amide bonds. The van der Waals surface area contributed by atoms with Crippen LogP contribution in [-0.2, 0) is 16.0 Å². The van der Waals surface area contributed by atoms with Gasteiger partial charge in [-0.25, -0.2) is 4.99 Å².